The number of methoxy groups -OCH3 is 4. The summed E-state index contributed by atoms with van der Waals surface area (Å²) in [4.78, 5) is 60.0. The summed E-state index contributed by atoms with van der Waals surface area (Å²) in [6.45, 7) is 45.1. The molecular formula is C87H114N16O6. The molecule has 0 radical (unpaired) electrons. The van der Waals surface area contributed by atoms with Gasteiger partial charge in [0.05, 0.1) is 52.8 Å². The smallest absolute Gasteiger partial charge is 0.222 e. The van der Waals surface area contributed by atoms with E-state index in [1.807, 2.05) is 241 Å². The Morgan fingerprint density at radius 3 is 1.18 bits per heavy atom. The van der Waals surface area contributed by atoms with Gasteiger partial charge in [0.1, 0.15) is 36.5 Å². The van der Waals surface area contributed by atoms with Crippen LogP contribution >= 0.6 is 0 Å². The zero-order valence-electron chi connectivity index (χ0n) is 69.0. The summed E-state index contributed by atoms with van der Waals surface area (Å²) in [7, 11) is 6.36. The Morgan fingerprint density at radius 1 is 0.321 bits per heavy atom. The molecule has 12 aromatic rings. The number of ether oxygens (including phenoxy) is 6. The molecule has 0 fully saturated rings. The fourth-order valence-corrected chi connectivity index (χ4v) is 8.52. The molecule has 0 bridgehead atoms. The summed E-state index contributed by atoms with van der Waals surface area (Å²) >= 11 is 0. The lowest BCUT2D eigenvalue weighted by Crippen LogP contribution is -1.98. The predicted molar refractivity (Wildman–Crippen MR) is 437 cm³/mol. The van der Waals surface area contributed by atoms with Crippen molar-refractivity contribution in [3.8, 4) is 41.2 Å². The van der Waals surface area contributed by atoms with Crippen LogP contribution in [-0.2, 0) is 6.42 Å². The molecule has 578 valence electrons. The van der Waals surface area contributed by atoms with Crippen LogP contribution in [0.25, 0.3) is 0 Å². The summed E-state index contributed by atoms with van der Waals surface area (Å²) < 4.78 is 30.5. The van der Waals surface area contributed by atoms with Crippen LogP contribution in [0.4, 0.5) is 0 Å². The van der Waals surface area contributed by atoms with E-state index in [4.69, 9.17) is 33.7 Å². The first kappa shape index (κ1) is 94.9. The highest BCUT2D eigenvalue weighted by atomic mass is 16.5. The van der Waals surface area contributed by atoms with E-state index in [1.165, 1.54) is 46.0 Å². The van der Waals surface area contributed by atoms with E-state index in [0.29, 0.717) is 42.4 Å². The molecule has 0 amide bonds. The predicted octanol–water partition coefficient (Wildman–Crippen LogP) is 18.3. The third-order valence-corrected chi connectivity index (χ3v) is 14.4. The Hall–Kier alpha value is -12.1. The molecule has 12 rings (SSSR count). The maximum Gasteiger partial charge on any atom is 0.222 e. The summed E-state index contributed by atoms with van der Waals surface area (Å²) in [6.07, 6.45) is 21.8. The van der Waals surface area contributed by atoms with Crippen LogP contribution in [0.3, 0.4) is 0 Å². The molecule has 0 unspecified atom stereocenters. The van der Waals surface area contributed by atoms with Gasteiger partial charge in [-0.3, -0.25) is 29.9 Å². The summed E-state index contributed by atoms with van der Waals surface area (Å²) in [5.41, 5.74) is 22.5. The van der Waals surface area contributed by atoms with E-state index >= 15 is 0 Å². The van der Waals surface area contributed by atoms with Crippen molar-refractivity contribution in [3.05, 3.63) is 302 Å². The average Bonchev–Trinajstić information content (AvgIpc) is 0.877. The number of rotatable bonds is 9. The number of pyridine rings is 9. The van der Waals surface area contributed by atoms with Crippen molar-refractivity contribution in [2.75, 3.05) is 41.7 Å². The highest BCUT2D eigenvalue weighted by Gasteiger charge is 2.07. The molecule has 0 aliphatic rings. The Morgan fingerprint density at radius 2 is 0.817 bits per heavy atom. The largest absolute Gasteiger partial charge is 0.496 e. The molecule has 12 aromatic heterocycles. The van der Waals surface area contributed by atoms with Gasteiger partial charge < -0.3 is 28.4 Å². The van der Waals surface area contributed by atoms with Crippen molar-refractivity contribution in [2.24, 2.45) is 0 Å². The fourth-order valence-electron chi connectivity index (χ4n) is 8.52. The monoisotopic (exact) mass is 1480 g/mol. The SMILES string of the molecule is CCOc1nccc(C)c1C.CCOc1nccc(OC)c1C.CCc1ccc(C)nc1.COc1ncnc(OC)c1C.COc1ncncc1C.Cc1cc(C)nc(C)c1.Cc1ccc(C)nc1.Cc1cccc(C#N)n1.Cc1cccc(C)n1.Cc1ccccn1.Cc1cncc(C)c1.Cc1cncnc1C. The van der Waals surface area contributed by atoms with Crippen LogP contribution in [0.5, 0.6) is 35.1 Å². The molecule has 0 saturated carbocycles. The highest BCUT2D eigenvalue weighted by molar-refractivity contribution is 5.38. The van der Waals surface area contributed by atoms with Crippen LogP contribution in [-0.4, -0.2) is 116 Å². The summed E-state index contributed by atoms with van der Waals surface area (Å²) in [6, 6.07) is 37.5. The number of aryl methyl sites for hydroxylation is 17. The van der Waals surface area contributed by atoms with Gasteiger partial charge in [-0.2, -0.15) is 5.26 Å². The number of nitriles is 1. The minimum absolute atomic E-state index is 0.481. The third-order valence-electron chi connectivity index (χ3n) is 14.4. The van der Waals surface area contributed by atoms with Gasteiger partial charge in [0, 0.05) is 118 Å². The highest BCUT2D eigenvalue weighted by Crippen LogP contribution is 2.24. The van der Waals surface area contributed by atoms with Crippen molar-refractivity contribution < 1.29 is 28.4 Å². The van der Waals surface area contributed by atoms with Crippen LogP contribution in [0.15, 0.2) is 184 Å². The molecule has 0 N–H and O–H groups in total. The van der Waals surface area contributed by atoms with E-state index in [0.717, 1.165) is 97.1 Å². The Bertz CT molecular complexity index is 4300. The Labute approximate surface area is 648 Å². The van der Waals surface area contributed by atoms with Gasteiger partial charge in [-0.25, -0.2) is 44.9 Å². The molecule has 0 aliphatic carbocycles. The number of aromatic nitrogens is 15. The molecule has 0 aliphatic heterocycles. The van der Waals surface area contributed by atoms with Crippen molar-refractivity contribution >= 4 is 0 Å². The second-order valence-electron chi connectivity index (χ2n) is 24.2. The van der Waals surface area contributed by atoms with Gasteiger partial charge in [-0.05, 0) is 264 Å². The summed E-state index contributed by atoms with van der Waals surface area (Å²) in [5.74, 6) is 3.97. The van der Waals surface area contributed by atoms with E-state index < -0.39 is 0 Å². The quantitative estimate of drug-likeness (QED) is 0.130. The fraction of sp³-hybridized carbons (Fsp3) is 0.333. The molecule has 109 heavy (non-hydrogen) atoms. The van der Waals surface area contributed by atoms with Crippen LogP contribution in [0, 0.1) is 143 Å². The van der Waals surface area contributed by atoms with Crippen molar-refractivity contribution in [2.45, 2.75) is 159 Å². The molecule has 22 heteroatoms. The lowest BCUT2D eigenvalue weighted by molar-refractivity contribution is 0.319. The van der Waals surface area contributed by atoms with E-state index in [-0.39, 0.29) is 0 Å². The first-order chi connectivity index (χ1) is 52.1. The number of hydrogen-bond acceptors (Lipinski definition) is 22. The molecular weight excluding hydrogens is 1370 g/mol. The van der Waals surface area contributed by atoms with Crippen molar-refractivity contribution in [1.82, 2.24) is 74.8 Å². The minimum atomic E-state index is 0.481. The van der Waals surface area contributed by atoms with Crippen LogP contribution in [0.2, 0.25) is 0 Å². The minimum Gasteiger partial charge on any atom is -0.496 e. The first-order valence-corrected chi connectivity index (χ1v) is 35.4. The topological polar surface area (TPSA) is 273 Å². The Kier molecular flexibility index (Phi) is 49.0. The van der Waals surface area contributed by atoms with Gasteiger partial charge in [0.15, 0.2) is 0 Å². The zero-order chi connectivity index (χ0) is 81.5. The second-order valence-corrected chi connectivity index (χ2v) is 24.2. The van der Waals surface area contributed by atoms with Gasteiger partial charge in [-0.15, -0.1) is 0 Å². The molecule has 0 saturated heterocycles. The summed E-state index contributed by atoms with van der Waals surface area (Å²) in [5, 5.41) is 8.35. The molecule has 0 aromatic carbocycles. The van der Waals surface area contributed by atoms with Gasteiger partial charge >= 0.3 is 0 Å². The van der Waals surface area contributed by atoms with Gasteiger partial charge in [0.25, 0.3) is 0 Å². The van der Waals surface area contributed by atoms with E-state index in [2.05, 4.69) is 126 Å². The maximum absolute atomic E-state index is 8.35. The Balaban J connectivity index is 0.000000596. The lowest BCUT2D eigenvalue weighted by Gasteiger charge is -2.08. The molecule has 12 heterocycles. The normalized spacial score (nSPS) is 9.29. The average molecular weight is 1480 g/mol. The first-order valence-electron chi connectivity index (χ1n) is 35.4. The van der Waals surface area contributed by atoms with Gasteiger partial charge in [0.2, 0.25) is 29.4 Å². The number of hydrogen-bond donors (Lipinski definition) is 0. The zero-order valence-corrected chi connectivity index (χ0v) is 69.0. The van der Waals surface area contributed by atoms with E-state index in [9.17, 15) is 0 Å². The lowest BCUT2D eigenvalue weighted by atomic mass is 10.2. The van der Waals surface area contributed by atoms with Crippen LogP contribution in [0.1, 0.15) is 139 Å². The van der Waals surface area contributed by atoms with Gasteiger partial charge in [-0.1, -0.05) is 43.3 Å². The standard InChI is InChI=1S/C9H13NO2.C9H13NO.2C8H11N.C7H10N2O2.C7H6N2.3C7H9N.C6H8N2O.C6H8N2.C6H7N/c1-4-12-9-7(2)8(11-3)5-6-10-9;1-4-11-9-8(3)7(2)5-6-10-9;1-6-4-7(2)9-8(3)5-6;1-3-8-5-4-7(2)9-6-8;1-5-6(10-2)8-4-9-7(5)11-3;1-6-3-2-4-7(5-8)9-6;1-6-3-7(2)5-8-4-6;1-6-3-4-7(2)8-5-6;1-6-4-3-5-7(2)8-6;1-5-3-7-4-8-6(5)9-2;1-5-3-7-4-8-6(5)2;1-6-4-2-3-5-7-6/h5-6H,4H2,1-3H3;5-6H,4H2,1-3H3;4-5H,1-3H3;4-6H,3H2,1-2H3;4H,1-3H3;2-4H,1H3;3*3-5H,1-2H3;3-4H,1-2H3;3-4H,1-2H3;2-5H,1H3. The maximum atomic E-state index is 8.35. The molecule has 22 nitrogen and oxygen atoms in total. The van der Waals surface area contributed by atoms with Crippen LogP contribution < -0.4 is 28.4 Å². The van der Waals surface area contributed by atoms with E-state index in [1.54, 1.807) is 65.6 Å². The second kappa shape index (κ2) is 56.2. The van der Waals surface area contributed by atoms with Crippen molar-refractivity contribution in [1.29, 1.82) is 5.26 Å². The van der Waals surface area contributed by atoms with Crippen molar-refractivity contribution in [3.63, 3.8) is 0 Å². The molecule has 0 spiro atoms. The number of nitrogens with zero attached hydrogens (tertiary/aromatic N) is 16. The molecule has 0 atom stereocenters. The third kappa shape index (κ3) is 43.2.